The first-order valence-electron chi connectivity index (χ1n) is 6.19. The number of thiophene rings is 1. The van der Waals surface area contributed by atoms with E-state index in [-0.39, 0.29) is 6.61 Å². The Balaban J connectivity index is 1.94. The molecule has 0 atom stereocenters. The van der Waals surface area contributed by atoms with Crippen LogP contribution in [0.2, 0.25) is 0 Å². The molecule has 20 heavy (non-hydrogen) atoms. The van der Waals surface area contributed by atoms with Gasteiger partial charge in [0, 0.05) is 22.9 Å². The molecular formula is C16H16O3S. The van der Waals surface area contributed by atoms with Gasteiger partial charge in [-0.15, -0.1) is 11.3 Å². The standard InChI is InChI=1S/C16H16O3S/c1-18-10-13-4-2-6-15(8-13)19-11-16-9-14(12-20-16)5-3-7-17/h2,4,6,8-9,12,17H,7,10-11H2,1H3. The van der Waals surface area contributed by atoms with Crippen molar-refractivity contribution < 1.29 is 14.6 Å². The Kier molecular flexibility index (Phi) is 5.63. The van der Waals surface area contributed by atoms with Crippen LogP contribution in [-0.4, -0.2) is 18.8 Å². The van der Waals surface area contributed by atoms with E-state index >= 15 is 0 Å². The lowest BCUT2D eigenvalue weighted by Crippen LogP contribution is -1.94. The van der Waals surface area contributed by atoms with E-state index < -0.39 is 0 Å². The average molecular weight is 288 g/mol. The fourth-order valence-corrected chi connectivity index (χ4v) is 2.44. The van der Waals surface area contributed by atoms with Crippen molar-refractivity contribution >= 4 is 11.3 Å². The number of rotatable bonds is 5. The summed E-state index contributed by atoms with van der Waals surface area (Å²) < 4.78 is 10.9. The summed E-state index contributed by atoms with van der Waals surface area (Å²) in [5.41, 5.74) is 2.00. The minimum Gasteiger partial charge on any atom is -0.488 e. The van der Waals surface area contributed by atoms with Crippen LogP contribution in [0.5, 0.6) is 5.75 Å². The van der Waals surface area contributed by atoms with E-state index in [0.29, 0.717) is 13.2 Å². The van der Waals surface area contributed by atoms with Crippen molar-refractivity contribution in [3.05, 3.63) is 51.7 Å². The number of hydrogen-bond acceptors (Lipinski definition) is 4. The van der Waals surface area contributed by atoms with E-state index in [0.717, 1.165) is 21.8 Å². The first-order chi connectivity index (χ1) is 9.81. The third-order valence-electron chi connectivity index (χ3n) is 2.56. The molecule has 1 N–H and O–H groups in total. The maximum Gasteiger partial charge on any atom is 0.122 e. The van der Waals surface area contributed by atoms with E-state index in [4.69, 9.17) is 14.6 Å². The van der Waals surface area contributed by atoms with Gasteiger partial charge >= 0.3 is 0 Å². The monoisotopic (exact) mass is 288 g/mol. The van der Waals surface area contributed by atoms with Crippen LogP contribution in [0, 0.1) is 11.8 Å². The number of aliphatic hydroxyl groups excluding tert-OH is 1. The van der Waals surface area contributed by atoms with Crippen molar-refractivity contribution in [2.24, 2.45) is 0 Å². The second-order valence-corrected chi connectivity index (χ2v) is 5.13. The summed E-state index contributed by atoms with van der Waals surface area (Å²) in [6.45, 7) is 0.979. The molecule has 3 nitrogen and oxygen atoms in total. The Labute approximate surface area is 122 Å². The summed E-state index contributed by atoms with van der Waals surface area (Å²) in [7, 11) is 1.67. The van der Waals surface area contributed by atoms with Gasteiger partial charge < -0.3 is 14.6 Å². The molecule has 0 unspecified atom stereocenters. The topological polar surface area (TPSA) is 38.7 Å². The van der Waals surface area contributed by atoms with Gasteiger partial charge in [0.15, 0.2) is 0 Å². The quantitative estimate of drug-likeness (QED) is 0.860. The number of hydrogen-bond donors (Lipinski definition) is 1. The molecule has 0 amide bonds. The van der Waals surface area contributed by atoms with E-state index in [2.05, 4.69) is 11.8 Å². The lowest BCUT2D eigenvalue weighted by atomic mass is 10.2. The Hall–Kier alpha value is -1.80. The Morgan fingerprint density at radius 3 is 2.95 bits per heavy atom. The molecule has 1 heterocycles. The van der Waals surface area contributed by atoms with Crippen molar-refractivity contribution in [2.45, 2.75) is 13.2 Å². The van der Waals surface area contributed by atoms with Crippen LogP contribution in [0.3, 0.4) is 0 Å². The van der Waals surface area contributed by atoms with E-state index in [1.807, 2.05) is 35.7 Å². The predicted octanol–water partition coefficient (Wildman–Crippen LogP) is 2.82. The highest BCUT2D eigenvalue weighted by atomic mass is 32.1. The predicted molar refractivity (Wildman–Crippen MR) is 79.8 cm³/mol. The molecule has 2 aromatic rings. The maximum atomic E-state index is 8.65. The molecule has 4 heteroatoms. The summed E-state index contributed by atoms with van der Waals surface area (Å²) in [5, 5.41) is 10.6. The molecular weight excluding hydrogens is 272 g/mol. The normalized spacial score (nSPS) is 9.90. The molecule has 0 saturated carbocycles. The van der Waals surface area contributed by atoms with E-state index in [9.17, 15) is 0 Å². The number of aliphatic hydroxyl groups is 1. The van der Waals surface area contributed by atoms with Crippen molar-refractivity contribution in [1.82, 2.24) is 0 Å². The Bertz CT molecular complexity index is 607. The third-order valence-corrected chi connectivity index (χ3v) is 3.47. The van der Waals surface area contributed by atoms with Crippen LogP contribution in [0.4, 0.5) is 0 Å². The zero-order valence-electron chi connectivity index (χ0n) is 11.3. The van der Waals surface area contributed by atoms with Crippen LogP contribution in [0.25, 0.3) is 0 Å². The van der Waals surface area contributed by atoms with Gasteiger partial charge in [0.2, 0.25) is 0 Å². The molecule has 0 saturated heterocycles. The highest BCUT2D eigenvalue weighted by molar-refractivity contribution is 7.10. The van der Waals surface area contributed by atoms with Crippen LogP contribution in [0.15, 0.2) is 35.7 Å². The van der Waals surface area contributed by atoms with Crippen molar-refractivity contribution in [3.8, 4) is 17.6 Å². The van der Waals surface area contributed by atoms with Crippen LogP contribution in [-0.2, 0) is 18.0 Å². The molecule has 1 aromatic carbocycles. The Morgan fingerprint density at radius 2 is 2.15 bits per heavy atom. The van der Waals surface area contributed by atoms with Gasteiger partial charge in [-0.3, -0.25) is 0 Å². The van der Waals surface area contributed by atoms with Gasteiger partial charge in [0.25, 0.3) is 0 Å². The first-order valence-corrected chi connectivity index (χ1v) is 7.07. The maximum absolute atomic E-state index is 8.65. The van der Waals surface area contributed by atoms with Crippen molar-refractivity contribution in [3.63, 3.8) is 0 Å². The number of methoxy groups -OCH3 is 1. The van der Waals surface area contributed by atoms with Crippen LogP contribution >= 0.6 is 11.3 Å². The summed E-state index contributed by atoms with van der Waals surface area (Å²) in [6, 6.07) is 9.84. The zero-order valence-corrected chi connectivity index (χ0v) is 12.1. The molecule has 0 bridgehead atoms. The van der Waals surface area contributed by atoms with Gasteiger partial charge in [-0.2, -0.15) is 0 Å². The molecule has 1 aromatic heterocycles. The lowest BCUT2D eigenvalue weighted by Gasteiger charge is -2.06. The fourth-order valence-electron chi connectivity index (χ4n) is 1.71. The smallest absolute Gasteiger partial charge is 0.122 e. The second kappa shape index (κ2) is 7.71. The van der Waals surface area contributed by atoms with E-state index in [1.54, 1.807) is 18.4 Å². The van der Waals surface area contributed by atoms with Gasteiger partial charge in [-0.1, -0.05) is 24.0 Å². The minimum absolute atomic E-state index is 0.117. The second-order valence-electron chi connectivity index (χ2n) is 4.13. The summed E-state index contributed by atoms with van der Waals surface area (Å²) in [4.78, 5) is 1.10. The molecule has 0 spiro atoms. The SMILES string of the molecule is COCc1cccc(OCc2cc(C#CCO)cs2)c1. The molecule has 2 rings (SSSR count). The summed E-state index contributed by atoms with van der Waals surface area (Å²) in [6.07, 6.45) is 0. The number of benzene rings is 1. The van der Waals surface area contributed by atoms with Crippen LogP contribution in [0.1, 0.15) is 16.0 Å². The summed E-state index contributed by atoms with van der Waals surface area (Å²) in [5.74, 6) is 6.34. The fraction of sp³-hybridized carbons (Fsp3) is 0.250. The van der Waals surface area contributed by atoms with Gasteiger partial charge in [-0.05, 0) is 23.8 Å². The van der Waals surface area contributed by atoms with Crippen molar-refractivity contribution in [2.75, 3.05) is 13.7 Å². The lowest BCUT2D eigenvalue weighted by molar-refractivity contribution is 0.184. The largest absolute Gasteiger partial charge is 0.488 e. The molecule has 104 valence electrons. The highest BCUT2D eigenvalue weighted by Gasteiger charge is 2.01. The average Bonchev–Trinajstić information content (AvgIpc) is 2.92. The molecule has 0 aliphatic heterocycles. The molecule has 0 aliphatic rings. The summed E-state index contributed by atoms with van der Waals surface area (Å²) >= 11 is 1.60. The Morgan fingerprint density at radius 1 is 1.25 bits per heavy atom. The molecule has 0 aliphatic carbocycles. The van der Waals surface area contributed by atoms with Crippen molar-refractivity contribution in [1.29, 1.82) is 0 Å². The van der Waals surface area contributed by atoms with Gasteiger partial charge in [0.1, 0.15) is 19.0 Å². The molecule has 0 fully saturated rings. The van der Waals surface area contributed by atoms with Gasteiger partial charge in [-0.25, -0.2) is 0 Å². The van der Waals surface area contributed by atoms with Crippen LogP contribution < -0.4 is 4.74 Å². The highest BCUT2D eigenvalue weighted by Crippen LogP contribution is 2.19. The number of ether oxygens (including phenoxy) is 2. The zero-order chi connectivity index (χ0) is 14.2. The third kappa shape index (κ3) is 4.39. The minimum atomic E-state index is -0.117. The van der Waals surface area contributed by atoms with E-state index in [1.165, 1.54) is 0 Å². The molecule has 0 radical (unpaired) electrons. The first kappa shape index (κ1) is 14.6. The van der Waals surface area contributed by atoms with Gasteiger partial charge in [0.05, 0.1) is 6.61 Å².